The first kappa shape index (κ1) is 16.6. The summed E-state index contributed by atoms with van der Waals surface area (Å²) in [5, 5.41) is 12.9. The van der Waals surface area contributed by atoms with Crippen LogP contribution in [-0.2, 0) is 0 Å². The van der Waals surface area contributed by atoms with Crippen molar-refractivity contribution >= 4 is 33.2 Å². The highest BCUT2D eigenvalue weighted by Crippen LogP contribution is 2.41. The molecule has 0 fully saturated rings. The van der Waals surface area contributed by atoms with Crippen LogP contribution in [0.4, 0.5) is 14.5 Å². The van der Waals surface area contributed by atoms with E-state index in [4.69, 9.17) is 0 Å². The van der Waals surface area contributed by atoms with Crippen LogP contribution in [0.1, 0.15) is 38.3 Å². The summed E-state index contributed by atoms with van der Waals surface area (Å²) in [4.78, 5) is 25.4. The summed E-state index contributed by atoms with van der Waals surface area (Å²) in [5.74, 6) is -1.23. The zero-order chi connectivity index (χ0) is 17.4. The van der Waals surface area contributed by atoms with E-state index < -0.39 is 24.4 Å². The van der Waals surface area contributed by atoms with Crippen LogP contribution in [0.2, 0.25) is 0 Å². The van der Waals surface area contributed by atoms with Crippen LogP contribution in [0.15, 0.2) is 34.8 Å². The molecule has 2 aromatic carbocycles. The van der Waals surface area contributed by atoms with Crippen LogP contribution in [-0.4, -0.2) is 29.6 Å². The van der Waals surface area contributed by atoms with Gasteiger partial charge in [-0.2, -0.15) is 0 Å². The van der Waals surface area contributed by atoms with E-state index in [0.717, 1.165) is 0 Å². The number of phenols is 1. The number of anilines is 1. The Morgan fingerprint density at radius 3 is 2.25 bits per heavy atom. The summed E-state index contributed by atoms with van der Waals surface area (Å²) < 4.78 is 25.1. The predicted molar refractivity (Wildman–Crippen MR) is 88.2 cm³/mol. The molecule has 0 heterocycles. The number of ketones is 2. The quantitative estimate of drug-likeness (QED) is 0.655. The monoisotopic (exact) mass is 395 g/mol. The Kier molecular flexibility index (Phi) is 4.36. The maximum atomic E-state index is 12.8. The number of phenolic OH excluding ortho intramolecular Hbond substituents is 1. The molecule has 0 aliphatic heterocycles. The first-order valence-electron chi connectivity index (χ1n) is 7.17. The fourth-order valence-corrected chi connectivity index (χ4v) is 3.28. The lowest BCUT2D eigenvalue weighted by Gasteiger charge is -2.22. The number of nitrogens with one attached hydrogen (secondary N) is 1. The molecule has 0 aromatic heterocycles. The first-order chi connectivity index (χ1) is 11.4. The molecule has 0 atom stereocenters. The molecule has 3 rings (SSSR count). The van der Waals surface area contributed by atoms with E-state index >= 15 is 0 Å². The third-order valence-electron chi connectivity index (χ3n) is 3.79. The average molecular weight is 396 g/mol. The highest BCUT2D eigenvalue weighted by molar-refractivity contribution is 9.10. The van der Waals surface area contributed by atoms with Gasteiger partial charge in [0.25, 0.3) is 0 Å². The SMILES string of the molecule is O=C1c2ccccc2C(=O)c2c(NCCC(F)F)c(Br)cc(O)c21. The molecule has 24 heavy (non-hydrogen) atoms. The van der Waals surface area contributed by atoms with E-state index in [2.05, 4.69) is 21.2 Å². The van der Waals surface area contributed by atoms with Gasteiger partial charge in [0.15, 0.2) is 11.6 Å². The van der Waals surface area contributed by atoms with E-state index in [9.17, 15) is 23.5 Å². The Morgan fingerprint density at radius 1 is 1.08 bits per heavy atom. The minimum absolute atomic E-state index is 0.000147. The summed E-state index contributed by atoms with van der Waals surface area (Å²) in [6.07, 6.45) is -2.89. The number of fused-ring (bicyclic) bond motifs is 2. The van der Waals surface area contributed by atoms with E-state index in [1.54, 1.807) is 12.1 Å². The summed E-state index contributed by atoms with van der Waals surface area (Å²) >= 11 is 3.21. The summed E-state index contributed by atoms with van der Waals surface area (Å²) in [6.45, 7) is -0.0728. The van der Waals surface area contributed by atoms with Crippen molar-refractivity contribution in [2.75, 3.05) is 11.9 Å². The van der Waals surface area contributed by atoms with Crippen molar-refractivity contribution in [2.24, 2.45) is 0 Å². The molecule has 4 nitrogen and oxygen atoms in total. The number of hydrogen-bond acceptors (Lipinski definition) is 4. The minimum atomic E-state index is -2.48. The Balaban J connectivity index is 2.14. The number of carbonyl (C=O) groups excluding carboxylic acids is 2. The molecule has 0 saturated heterocycles. The van der Waals surface area contributed by atoms with Gasteiger partial charge in [-0.3, -0.25) is 9.59 Å². The number of benzene rings is 2. The van der Waals surface area contributed by atoms with Gasteiger partial charge in [-0.1, -0.05) is 24.3 Å². The van der Waals surface area contributed by atoms with Crippen molar-refractivity contribution in [1.82, 2.24) is 0 Å². The fraction of sp³-hybridized carbons (Fsp3) is 0.176. The second-order valence-corrected chi connectivity index (χ2v) is 6.17. The van der Waals surface area contributed by atoms with Crippen LogP contribution < -0.4 is 5.32 Å². The number of aromatic hydroxyl groups is 1. The van der Waals surface area contributed by atoms with Crippen molar-refractivity contribution in [1.29, 1.82) is 0 Å². The van der Waals surface area contributed by atoms with Crippen molar-refractivity contribution in [2.45, 2.75) is 12.8 Å². The zero-order valence-corrected chi connectivity index (χ0v) is 13.9. The molecule has 0 amide bonds. The molecule has 0 unspecified atom stereocenters. The van der Waals surface area contributed by atoms with Crippen LogP contribution in [0.3, 0.4) is 0 Å². The van der Waals surface area contributed by atoms with Gasteiger partial charge in [0.05, 0.1) is 16.8 Å². The lowest BCUT2D eigenvalue weighted by atomic mass is 9.82. The van der Waals surface area contributed by atoms with Crippen LogP contribution in [0, 0.1) is 0 Å². The number of carbonyl (C=O) groups is 2. The lowest BCUT2D eigenvalue weighted by Crippen LogP contribution is -2.23. The lowest BCUT2D eigenvalue weighted by molar-refractivity contribution is 0.0977. The zero-order valence-electron chi connectivity index (χ0n) is 12.3. The van der Waals surface area contributed by atoms with Gasteiger partial charge < -0.3 is 10.4 Å². The highest BCUT2D eigenvalue weighted by atomic mass is 79.9. The van der Waals surface area contributed by atoms with E-state index in [-0.39, 0.29) is 40.2 Å². The van der Waals surface area contributed by atoms with Crippen molar-refractivity contribution < 1.29 is 23.5 Å². The predicted octanol–water partition coefficient (Wildman–Crippen LogP) is 4.00. The van der Waals surface area contributed by atoms with Gasteiger partial charge in [0, 0.05) is 28.6 Å². The Morgan fingerprint density at radius 2 is 1.67 bits per heavy atom. The average Bonchev–Trinajstić information content (AvgIpc) is 2.54. The Labute approximate surface area is 144 Å². The summed E-state index contributed by atoms with van der Waals surface area (Å²) in [5.41, 5.74) is 0.563. The number of hydrogen-bond donors (Lipinski definition) is 2. The van der Waals surface area contributed by atoms with Gasteiger partial charge in [-0.25, -0.2) is 8.78 Å². The second kappa shape index (κ2) is 6.32. The van der Waals surface area contributed by atoms with E-state index in [0.29, 0.717) is 4.47 Å². The summed E-state index contributed by atoms with van der Waals surface area (Å²) in [6, 6.07) is 7.59. The Bertz CT molecular complexity index is 852. The maximum Gasteiger partial charge on any atom is 0.240 e. The molecule has 1 aliphatic carbocycles. The standard InChI is InChI=1S/C17H12BrF2NO3/c18-10-7-11(22)13-14(15(10)21-6-5-12(19)20)17(24)9-4-2-1-3-8(9)16(13)23/h1-4,7,12,21-22H,5-6H2. The molecular weight excluding hydrogens is 384 g/mol. The number of rotatable bonds is 4. The van der Waals surface area contributed by atoms with Crippen LogP contribution >= 0.6 is 15.9 Å². The fourth-order valence-electron chi connectivity index (χ4n) is 2.72. The minimum Gasteiger partial charge on any atom is -0.507 e. The van der Waals surface area contributed by atoms with Crippen LogP contribution in [0.5, 0.6) is 5.75 Å². The number of alkyl halides is 2. The second-order valence-electron chi connectivity index (χ2n) is 5.31. The van der Waals surface area contributed by atoms with Crippen molar-refractivity contribution in [3.8, 4) is 5.75 Å². The van der Waals surface area contributed by atoms with Gasteiger partial charge in [-0.05, 0) is 22.0 Å². The Hall–Kier alpha value is -2.28. The molecule has 7 heteroatoms. The normalized spacial score (nSPS) is 13.0. The summed E-state index contributed by atoms with van der Waals surface area (Å²) in [7, 11) is 0. The van der Waals surface area contributed by atoms with Crippen LogP contribution in [0.25, 0.3) is 0 Å². The first-order valence-corrected chi connectivity index (χ1v) is 7.97. The van der Waals surface area contributed by atoms with Gasteiger partial charge >= 0.3 is 0 Å². The smallest absolute Gasteiger partial charge is 0.240 e. The third kappa shape index (κ3) is 2.69. The van der Waals surface area contributed by atoms with Crippen molar-refractivity contribution in [3.63, 3.8) is 0 Å². The van der Waals surface area contributed by atoms with Gasteiger partial charge in [0.2, 0.25) is 6.43 Å². The molecule has 2 aromatic rings. The van der Waals surface area contributed by atoms with Gasteiger partial charge in [0.1, 0.15) is 5.75 Å². The number of halogens is 3. The molecule has 1 aliphatic rings. The molecule has 124 valence electrons. The highest BCUT2D eigenvalue weighted by Gasteiger charge is 2.35. The topological polar surface area (TPSA) is 66.4 Å². The van der Waals surface area contributed by atoms with E-state index in [1.807, 2.05) is 0 Å². The van der Waals surface area contributed by atoms with E-state index in [1.165, 1.54) is 18.2 Å². The molecular formula is C17H12BrF2NO3. The molecule has 0 spiro atoms. The third-order valence-corrected chi connectivity index (χ3v) is 4.42. The maximum absolute atomic E-state index is 12.8. The van der Waals surface area contributed by atoms with Crippen molar-refractivity contribution in [3.05, 3.63) is 57.1 Å². The largest absolute Gasteiger partial charge is 0.507 e. The molecule has 0 saturated carbocycles. The van der Waals surface area contributed by atoms with Gasteiger partial charge in [-0.15, -0.1) is 0 Å². The molecule has 0 radical (unpaired) electrons. The molecule has 2 N–H and O–H groups in total. The molecule has 0 bridgehead atoms.